The molecule has 0 aliphatic carbocycles. The number of aromatic nitrogens is 2. The number of aryl methyl sites for hydroxylation is 2. The Morgan fingerprint density at radius 3 is 2.39 bits per heavy atom. The molecule has 2 aromatic rings. The second kappa shape index (κ2) is 6.75. The van der Waals surface area contributed by atoms with Gasteiger partial charge in [0.15, 0.2) is 0 Å². The second-order valence-electron chi connectivity index (χ2n) is 5.69. The Morgan fingerprint density at radius 2 is 1.78 bits per heavy atom. The smallest absolute Gasteiger partial charge is 0.274 e. The van der Waals surface area contributed by atoms with Crippen molar-refractivity contribution in [3.63, 3.8) is 0 Å². The summed E-state index contributed by atoms with van der Waals surface area (Å²) >= 11 is 0. The minimum atomic E-state index is -0.0984. The second-order valence-corrected chi connectivity index (χ2v) is 5.69. The number of hydrogen-bond donors (Lipinski definition) is 1. The van der Waals surface area contributed by atoms with Crippen molar-refractivity contribution in [2.24, 2.45) is 0 Å². The SMILES string of the molecule is Cc1cc(C)cc(Nc2cnc(C(=O)N3CCOCC3)cn2)c1. The molecule has 2 heterocycles. The summed E-state index contributed by atoms with van der Waals surface area (Å²) in [6, 6.07) is 6.20. The molecule has 23 heavy (non-hydrogen) atoms. The third-order valence-corrected chi connectivity index (χ3v) is 3.66. The van der Waals surface area contributed by atoms with E-state index < -0.39 is 0 Å². The Morgan fingerprint density at radius 1 is 1.09 bits per heavy atom. The van der Waals surface area contributed by atoms with Gasteiger partial charge in [-0.3, -0.25) is 4.79 Å². The van der Waals surface area contributed by atoms with Crippen LogP contribution in [0, 0.1) is 13.8 Å². The van der Waals surface area contributed by atoms with Crippen molar-refractivity contribution >= 4 is 17.4 Å². The molecule has 1 aromatic heterocycles. The average Bonchev–Trinajstić information content (AvgIpc) is 2.55. The number of nitrogens with zero attached hydrogens (tertiary/aromatic N) is 3. The molecule has 0 atom stereocenters. The predicted octanol–water partition coefficient (Wildman–Crippen LogP) is 2.31. The van der Waals surface area contributed by atoms with E-state index in [0.29, 0.717) is 37.8 Å². The van der Waals surface area contributed by atoms with E-state index in [1.165, 1.54) is 17.3 Å². The van der Waals surface area contributed by atoms with Crippen LogP contribution in [0.25, 0.3) is 0 Å². The van der Waals surface area contributed by atoms with Crippen molar-refractivity contribution in [2.45, 2.75) is 13.8 Å². The number of carbonyl (C=O) groups excluding carboxylic acids is 1. The molecule has 0 spiro atoms. The third kappa shape index (κ3) is 3.84. The zero-order valence-electron chi connectivity index (χ0n) is 13.4. The fourth-order valence-electron chi connectivity index (χ4n) is 2.63. The molecule has 1 saturated heterocycles. The van der Waals surface area contributed by atoms with Crippen molar-refractivity contribution in [1.29, 1.82) is 0 Å². The summed E-state index contributed by atoms with van der Waals surface area (Å²) in [4.78, 5) is 22.6. The highest BCUT2D eigenvalue weighted by Gasteiger charge is 2.19. The molecule has 0 unspecified atom stereocenters. The van der Waals surface area contributed by atoms with Crippen LogP contribution in [-0.4, -0.2) is 47.1 Å². The van der Waals surface area contributed by atoms with Crippen LogP contribution >= 0.6 is 0 Å². The summed E-state index contributed by atoms with van der Waals surface area (Å²) in [6.07, 6.45) is 3.11. The van der Waals surface area contributed by atoms with Crippen molar-refractivity contribution in [3.8, 4) is 0 Å². The van der Waals surface area contributed by atoms with Gasteiger partial charge >= 0.3 is 0 Å². The molecule has 6 heteroatoms. The first-order valence-corrected chi connectivity index (χ1v) is 7.66. The van der Waals surface area contributed by atoms with E-state index in [4.69, 9.17) is 4.74 Å². The lowest BCUT2D eigenvalue weighted by atomic mass is 10.1. The summed E-state index contributed by atoms with van der Waals surface area (Å²) in [5, 5.41) is 3.21. The Hall–Kier alpha value is -2.47. The van der Waals surface area contributed by atoms with Gasteiger partial charge in [0.1, 0.15) is 11.5 Å². The first-order chi connectivity index (χ1) is 11.1. The highest BCUT2D eigenvalue weighted by atomic mass is 16.5. The molecule has 0 bridgehead atoms. The summed E-state index contributed by atoms with van der Waals surface area (Å²) in [5.41, 5.74) is 3.68. The highest BCUT2D eigenvalue weighted by molar-refractivity contribution is 5.92. The monoisotopic (exact) mass is 312 g/mol. The fraction of sp³-hybridized carbons (Fsp3) is 0.353. The maximum Gasteiger partial charge on any atom is 0.274 e. The summed E-state index contributed by atoms with van der Waals surface area (Å²) in [5.74, 6) is 0.521. The van der Waals surface area contributed by atoms with Crippen LogP contribution in [0.5, 0.6) is 0 Å². The van der Waals surface area contributed by atoms with E-state index in [0.717, 1.165) is 5.69 Å². The van der Waals surface area contributed by atoms with Crippen LogP contribution in [0.2, 0.25) is 0 Å². The number of amides is 1. The fourth-order valence-corrected chi connectivity index (χ4v) is 2.63. The van der Waals surface area contributed by atoms with Crippen LogP contribution < -0.4 is 5.32 Å². The molecular formula is C17H20N4O2. The number of carbonyl (C=O) groups is 1. The lowest BCUT2D eigenvalue weighted by molar-refractivity contribution is 0.0298. The van der Waals surface area contributed by atoms with Gasteiger partial charge in [0.25, 0.3) is 5.91 Å². The minimum Gasteiger partial charge on any atom is -0.378 e. The number of benzene rings is 1. The number of nitrogens with one attached hydrogen (secondary N) is 1. The molecule has 1 N–H and O–H groups in total. The van der Waals surface area contributed by atoms with Gasteiger partial charge in [-0.25, -0.2) is 9.97 Å². The van der Waals surface area contributed by atoms with Crippen LogP contribution in [0.3, 0.4) is 0 Å². The minimum absolute atomic E-state index is 0.0984. The summed E-state index contributed by atoms with van der Waals surface area (Å²) in [6.45, 7) is 6.45. The van der Waals surface area contributed by atoms with Gasteiger partial charge in [-0.05, 0) is 37.1 Å². The van der Waals surface area contributed by atoms with Crippen molar-refractivity contribution < 1.29 is 9.53 Å². The Kier molecular flexibility index (Phi) is 4.52. The number of hydrogen-bond acceptors (Lipinski definition) is 5. The van der Waals surface area contributed by atoms with E-state index in [1.807, 2.05) is 26.0 Å². The van der Waals surface area contributed by atoms with E-state index in [1.54, 1.807) is 11.1 Å². The zero-order chi connectivity index (χ0) is 16.2. The first kappa shape index (κ1) is 15.4. The Balaban J connectivity index is 1.70. The topological polar surface area (TPSA) is 67.4 Å². The molecular weight excluding hydrogens is 292 g/mol. The van der Waals surface area contributed by atoms with Crippen molar-refractivity contribution in [1.82, 2.24) is 14.9 Å². The predicted molar refractivity (Wildman–Crippen MR) is 88.0 cm³/mol. The van der Waals surface area contributed by atoms with Gasteiger partial charge in [-0.2, -0.15) is 0 Å². The van der Waals surface area contributed by atoms with E-state index >= 15 is 0 Å². The van der Waals surface area contributed by atoms with Crippen LogP contribution in [0.1, 0.15) is 21.6 Å². The lowest BCUT2D eigenvalue weighted by Gasteiger charge is -2.26. The molecule has 6 nitrogen and oxygen atoms in total. The lowest BCUT2D eigenvalue weighted by Crippen LogP contribution is -2.41. The summed E-state index contributed by atoms with van der Waals surface area (Å²) < 4.78 is 5.25. The Bertz CT molecular complexity index is 674. The summed E-state index contributed by atoms with van der Waals surface area (Å²) in [7, 11) is 0. The van der Waals surface area contributed by atoms with Crippen LogP contribution in [0.15, 0.2) is 30.6 Å². The van der Waals surface area contributed by atoms with Gasteiger partial charge in [0.2, 0.25) is 0 Å². The van der Waals surface area contributed by atoms with Gasteiger partial charge in [-0.15, -0.1) is 0 Å². The number of rotatable bonds is 3. The molecule has 1 aromatic carbocycles. The highest BCUT2D eigenvalue weighted by Crippen LogP contribution is 2.18. The van der Waals surface area contributed by atoms with Gasteiger partial charge < -0.3 is 15.0 Å². The first-order valence-electron chi connectivity index (χ1n) is 7.66. The van der Waals surface area contributed by atoms with Crippen LogP contribution in [0.4, 0.5) is 11.5 Å². The molecule has 0 radical (unpaired) electrons. The number of ether oxygens (including phenoxy) is 1. The molecule has 3 rings (SSSR count). The van der Waals surface area contributed by atoms with Gasteiger partial charge in [0.05, 0.1) is 25.6 Å². The number of morpholine rings is 1. The Labute approximate surface area is 135 Å². The van der Waals surface area contributed by atoms with Gasteiger partial charge in [-0.1, -0.05) is 6.07 Å². The maximum atomic E-state index is 12.3. The standard InChI is InChI=1S/C17H20N4O2/c1-12-7-13(2)9-14(8-12)20-16-11-18-15(10-19-16)17(22)21-3-5-23-6-4-21/h7-11H,3-6H2,1-2H3,(H,19,20). The molecule has 1 fully saturated rings. The van der Waals surface area contributed by atoms with Gasteiger partial charge in [0, 0.05) is 18.8 Å². The third-order valence-electron chi connectivity index (χ3n) is 3.66. The molecule has 1 amide bonds. The van der Waals surface area contributed by atoms with E-state index in [9.17, 15) is 4.79 Å². The quantitative estimate of drug-likeness (QED) is 0.942. The largest absolute Gasteiger partial charge is 0.378 e. The molecule has 120 valence electrons. The normalized spacial score (nSPS) is 14.6. The maximum absolute atomic E-state index is 12.3. The molecule has 1 aliphatic rings. The van der Waals surface area contributed by atoms with E-state index in [2.05, 4.69) is 21.4 Å². The van der Waals surface area contributed by atoms with E-state index in [-0.39, 0.29) is 5.91 Å². The molecule has 0 saturated carbocycles. The van der Waals surface area contributed by atoms with Crippen molar-refractivity contribution in [2.75, 3.05) is 31.6 Å². The zero-order valence-corrected chi connectivity index (χ0v) is 13.4. The van der Waals surface area contributed by atoms with Crippen LogP contribution in [-0.2, 0) is 4.74 Å². The average molecular weight is 312 g/mol. The number of anilines is 2. The molecule has 1 aliphatic heterocycles. The van der Waals surface area contributed by atoms with Crippen molar-refractivity contribution in [3.05, 3.63) is 47.4 Å².